The van der Waals surface area contributed by atoms with Crippen LogP contribution in [-0.2, 0) is 7.05 Å². The minimum atomic E-state index is -0.496. The van der Waals surface area contributed by atoms with Gasteiger partial charge in [0.15, 0.2) is 5.75 Å². The number of nitro groups is 1. The number of hydrogen-bond donors (Lipinski definition) is 0. The van der Waals surface area contributed by atoms with E-state index in [4.69, 9.17) is 9.47 Å². The van der Waals surface area contributed by atoms with Crippen molar-refractivity contribution in [2.45, 2.75) is 19.8 Å². The van der Waals surface area contributed by atoms with Crippen molar-refractivity contribution in [3.63, 3.8) is 0 Å². The first-order valence-corrected chi connectivity index (χ1v) is 7.68. The van der Waals surface area contributed by atoms with Gasteiger partial charge in [0, 0.05) is 24.6 Å². The first kappa shape index (κ1) is 17.5. The summed E-state index contributed by atoms with van der Waals surface area (Å²) >= 11 is 0. The molecular weight excluding hydrogens is 312 g/mol. The molecular formula is C17H20N2O5. The number of aromatic nitrogens is 1. The molecule has 0 atom stereocenters. The first-order valence-electron chi connectivity index (χ1n) is 7.68. The van der Waals surface area contributed by atoms with E-state index in [2.05, 4.69) is 6.58 Å². The zero-order valence-electron chi connectivity index (χ0n) is 13.8. The summed E-state index contributed by atoms with van der Waals surface area (Å²) in [5.74, 6) is 0.410. The molecule has 0 amide bonds. The van der Waals surface area contributed by atoms with Crippen LogP contribution in [0, 0.1) is 10.1 Å². The lowest BCUT2D eigenvalue weighted by Gasteiger charge is -2.16. The third kappa shape index (κ3) is 3.40. The van der Waals surface area contributed by atoms with E-state index < -0.39 is 10.5 Å². The summed E-state index contributed by atoms with van der Waals surface area (Å²) in [5.41, 5.74) is -0.0697. The number of benzene rings is 1. The summed E-state index contributed by atoms with van der Waals surface area (Å²) in [7, 11) is 1.55. The van der Waals surface area contributed by atoms with E-state index >= 15 is 0 Å². The van der Waals surface area contributed by atoms with Crippen LogP contribution >= 0.6 is 0 Å². The Morgan fingerprint density at radius 2 is 2.08 bits per heavy atom. The normalized spacial score (nSPS) is 10.6. The molecule has 24 heavy (non-hydrogen) atoms. The Balaban J connectivity index is 2.69. The maximum Gasteiger partial charge on any atom is 0.297 e. The highest BCUT2D eigenvalue weighted by atomic mass is 16.6. The molecule has 7 heteroatoms. The summed E-state index contributed by atoms with van der Waals surface area (Å²) < 4.78 is 12.6. The van der Waals surface area contributed by atoms with Gasteiger partial charge in [-0.05, 0) is 12.5 Å². The molecule has 2 aromatic rings. The van der Waals surface area contributed by atoms with E-state index in [-0.39, 0.29) is 18.0 Å². The van der Waals surface area contributed by atoms with Crippen molar-refractivity contribution in [1.82, 2.24) is 4.57 Å². The maximum atomic E-state index is 12.6. The second kappa shape index (κ2) is 7.63. The molecule has 0 saturated heterocycles. The van der Waals surface area contributed by atoms with Crippen LogP contribution in [-0.4, -0.2) is 22.7 Å². The molecule has 1 aromatic carbocycles. The van der Waals surface area contributed by atoms with Crippen LogP contribution in [0.5, 0.6) is 11.5 Å². The van der Waals surface area contributed by atoms with Crippen molar-refractivity contribution in [1.29, 1.82) is 0 Å². The number of unbranched alkanes of at least 4 members (excludes halogenated alkanes) is 1. The van der Waals surface area contributed by atoms with Gasteiger partial charge >= 0.3 is 0 Å². The molecule has 1 heterocycles. The van der Waals surface area contributed by atoms with Crippen LogP contribution in [0.3, 0.4) is 0 Å². The van der Waals surface area contributed by atoms with Gasteiger partial charge in [-0.2, -0.15) is 0 Å². The van der Waals surface area contributed by atoms with Gasteiger partial charge < -0.3 is 14.0 Å². The van der Waals surface area contributed by atoms with Crippen LogP contribution in [0.2, 0.25) is 0 Å². The quantitative estimate of drug-likeness (QED) is 0.321. The predicted molar refractivity (Wildman–Crippen MR) is 91.9 cm³/mol. The molecule has 0 aliphatic rings. The van der Waals surface area contributed by atoms with Gasteiger partial charge in [-0.25, -0.2) is 0 Å². The fourth-order valence-electron chi connectivity index (χ4n) is 2.32. The molecule has 0 aliphatic carbocycles. The number of non-ortho nitro benzene ring substituents is 1. The molecule has 0 fully saturated rings. The summed E-state index contributed by atoms with van der Waals surface area (Å²) in [4.78, 5) is 23.1. The highest BCUT2D eigenvalue weighted by molar-refractivity contribution is 5.89. The molecule has 0 spiro atoms. The molecule has 0 saturated carbocycles. The summed E-state index contributed by atoms with van der Waals surface area (Å²) in [5, 5.41) is 11.6. The average Bonchev–Trinajstić information content (AvgIpc) is 2.58. The number of rotatable bonds is 8. The van der Waals surface area contributed by atoms with Crippen molar-refractivity contribution >= 4 is 16.6 Å². The Labute approximate surface area is 139 Å². The first-order chi connectivity index (χ1) is 11.5. The fourth-order valence-corrected chi connectivity index (χ4v) is 2.32. The lowest BCUT2D eigenvalue weighted by molar-refractivity contribution is -0.384. The van der Waals surface area contributed by atoms with Gasteiger partial charge in [-0.1, -0.05) is 26.0 Å². The van der Waals surface area contributed by atoms with Gasteiger partial charge in [-0.3, -0.25) is 14.9 Å². The van der Waals surface area contributed by atoms with E-state index in [9.17, 15) is 14.9 Å². The number of ether oxygens (including phenoxy) is 2. The van der Waals surface area contributed by atoms with Crippen molar-refractivity contribution in [3.05, 3.63) is 51.3 Å². The van der Waals surface area contributed by atoms with Crippen LogP contribution in [0.4, 0.5) is 5.69 Å². The Kier molecular flexibility index (Phi) is 5.57. The minimum absolute atomic E-state index is 0.0863. The highest BCUT2D eigenvalue weighted by Crippen LogP contribution is 2.34. The number of fused-ring (bicyclic) bond motifs is 1. The second-order valence-electron chi connectivity index (χ2n) is 5.28. The Hall–Kier alpha value is -2.83. The minimum Gasteiger partial charge on any atom is -0.489 e. The smallest absolute Gasteiger partial charge is 0.297 e. The average molecular weight is 332 g/mol. The second-order valence-corrected chi connectivity index (χ2v) is 5.28. The van der Waals surface area contributed by atoms with E-state index in [1.54, 1.807) is 13.1 Å². The third-order valence-electron chi connectivity index (χ3n) is 3.59. The molecule has 0 bridgehead atoms. The van der Waals surface area contributed by atoms with E-state index in [1.165, 1.54) is 22.8 Å². The van der Waals surface area contributed by atoms with E-state index in [0.717, 1.165) is 12.8 Å². The largest absolute Gasteiger partial charge is 0.489 e. The van der Waals surface area contributed by atoms with Crippen LogP contribution in [0.15, 0.2) is 35.6 Å². The molecule has 1 aromatic heterocycles. The highest BCUT2D eigenvalue weighted by Gasteiger charge is 2.20. The third-order valence-corrected chi connectivity index (χ3v) is 3.59. The molecule has 0 aliphatic heterocycles. The summed E-state index contributed by atoms with van der Waals surface area (Å²) in [6, 6.07) is 4.33. The molecule has 0 radical (unpaired) electrons. The number of nitrogens with zero attached hydrogens (tertiary/aromatic N) is 2. The number of aryl methyl sites for hydroxylation is 1. The van der Waals surface area contributed by atoms with Gasteiger partial charge in [0.2, 0.25) is 5.75 Å². The Bertz CT molecular complexity index is 826. The summed E-state index contributed by atoms with van der Waals surface area (Å²) in [6.45, 7) is 6.20. The van der Waals surface area contributed by atoms with Gasteiger partial charge in [0.25, 0.3) is 11.2 Å². The molecule has 0 unspecified atom stereocenters. The Morgan fingerprint density at radius 3 is 2.71 bits per heavy atom. The molecule has 0 N–H and O–H groups in total. The molecule has 7 nitrogen and oxygen atoms in total. The van der Waals surface area contributed by atoms with Crippen molar-refractivity contribution in [3.8, 4) is 11.5 Å². The topological polar surface area (TPSA) is 83.6 Å². The monoisotopic (exact) mass is 332 g/mol. The number of pyridine rings is 1. The van der Waals surface area contributed by atoms with Crippen LogP contribution < -0.4 is 15.0 Å². The van der Waals surface area contributed by atoms with Crippen molar-refractivity contribution in [2.24, 2.45) is 7.05 Å². The van der Waals surface area contributed by atoms with Gasteiger partial charge in [0.1, 0.15) is 6.61 Å². The van der Waals surface area contributed by atoms with E-state index in [0.29, 0.717) is 23.3 Å². The zero-order chi connectivity index (χ0) is 17.7. The number of hydrogen-bond acceptors (Lipinski definition) is 5. The zero-order valence-corrected chi connectivity index (χ0v) is 13.8. The predicted octanol–water partition coefficient (Wildman–Crippen LogP) is 3.19. The standard InChI is InChI=1S/C17H20N2O5/c1-4-6-10-24-15-13-8-7-12(19(21)22)11-14(13)18(3)17(20)16(15)23-9-5-2/h5,7-8,11H,2,4,6,9-10H2,1,3H3. The van der Waals surface area contributed by atoms with Gasteiger partial charge in [-0.15, -0.1) is 0 Å². The molecule has 128 valence electrons. The van der Waals surface area contributed by atoms with E-state index in [1.807, 2.05) is 6.92 Å². The maximum absolute atomic E-state index is 12.6. The fraction of sp³-hybridized carbons (Fsp3) is 0.353. The number of nitro benzene ring substituents is 1. The van der Waals surface area contributed by atoms with Gasteiger partial charge in [0.05, 0.1) is 17.0 Å². The van der Waals surface area contributed by atoms with Crippen molar-refractivity contribution in [2.75, 3.05) is 13.2 Å². The SMILES string of the molecule is C=CCOc1c(OCCCC)c2ccc([N+](=O)[O-])cc2n(C)c1=O. The summed E-state index contributed by atoms with van der Waals surface area (Å²) in [6.07, 6.45) is 3.30. The van der Waals surface area contributed by atoms with Crippen LogP contribution in [0.25, 0.3) is 10.9 Å². The Morgan fingerprint density at radius 1 is 1.33 bits per heavy atom. The lowest BCUT2D eigenvalue weighted by Crippen LogP contribution is -2.21. The van der Waals surface area contributed by atoms with Crippen molar-refractivity contribution < 1.29 is 14.4 Å². The molecule has 2 rings (SSSR count). The van der Waals surface area contributed by atoms with Crippen LogP contribution in [0.1, 0.15) is 19.8 Å². The lowest BCUT2D eigenvalue weighted by atomic mass is 10.1.